The lowest BCUT2D eigenvalue weighted by Crippen LogP contribution is -2.25. The molecule has 3 N–H and O–H groups in total. The number of rotatable bonds is 6. The maximum absolute atomic E-state index is 7.63. The van der Waals surface area contributed by atoms with Crippen LogP contribution in [0.15, 0.2) is 12.3 Å². The van der Waals surface area contributed by atoms with Gasteiger partial charge in [0.05, 0.1) is 5.56 Å². The Bertz CT molecular complexity index is 392. The van der Waals surface area contributed by atoms with E-state index in [9.17, 15) is 0 Å². The highest BCUT2D eigenvalue weighted by Gasteiger charge is 2.13. The first kappa shape index (κ1) is 13.8. The minimum Gasteiger partial charge on any atom is -0.384 e. The minimum absolute atomic E-state index is 0.0855. The second-order valence-corrected chi connectivity index (χ2v) is 4.99. The second-order valence-electron chi connectivity index (χ2n) is 4.01. The number of pyridine rings is 1. The number of nitrogen functional groups attached to an aromatic ring is 1. The number of thioether (sulfide) groups is 1. The van der Waals surface area contributed by atoms with Gasteiger partial charge in [0.1, 0.15) is 11.7 Å². The molecule has 17 heavy (non-hydrogen) atoms. The lowest BCUT2D eigenvalue weighted by atomic mass is 10.1. The quantitative estimate of drug-likeness (QED) is 0.461. The molecule has 94 valence electrons. The number of aryl methyl sites for hydroxylation is 1. The first-order valence-corrected chi connectivity index (χ1v) is 6.97. The predicted octanol–water partition coefficient (Wildman–Crippen LogP) is 1.86. The monoisotopic (exact) mass is 252 g/mol. The molecule has 0 saturated heterocycles. The molecule has 0 aliphatic carbocycles. The fourth-order valence-electron chi connectivity index (χ4n) is 1.72. The zero-order chi connectivity index (χ0) is 12.8. The summed E-state index contributed by atoms with van der Waals surface area (Å²) in [6.07, 6.45) is 4.97. The van der Waals surface area contributed by atoms with Crippen LogP contribution < -0.4 is 10.6 Å². The van der Waals surface area contributed by atoms with Crippen LogP contribution in [0.1, 0.15) is 17.5 Å². The molecular formula is C12H20N4S. The van der Waals surface area contributed by atoms with Crippen LogP contribution in [0, 0.1) is 12.3 Å². The van der Waals surface area contributed by atoms with Crippen molar-refractivity contribution >= 4 is 23.4 Å². The Morgan fingerprint density at radius 3 is 2.88 bits per heavy atom. The fourth-order valence-corrected chi connectivity index (χ4v) is 2.14. The van der Waals surface area contributed by atoms with E-state index < -0.39 is 0 Å². The second kappa shape index (κ2) is 6.49. The van der Waals surface area contributed by atoms with Crippen LogP contribution in [0.4, 0.5) is 5.82 Å². The van der Waals surface area contributed by atoms with Gasteiger partial charge in [0.15, 0.2) is 0 Å². The topological polar surface area (TPSA) is 66.0 Å². The summed E-state index contributed by atoms with van der Waals surface area (Å²) < 4.78 is 0. The number of aromatic nitrogens is 1. The van der Waals surface area contributed by atoms with Crippen LogP contribution in [0.5, 0.6) is 0 Å². The molecule has 0 aromatic carbocycles. The Kier molecular flexibility index (Phi) is 5.28. The van der Waals surface area contributed by atoms with Gasteiger partial charge in [-0.25, -0.2) is 4.98 Å². The van der Waals surface area contributed by atoms with Crippen molar-refractivity contribution in [2.45, 2.75) is 13.3 Å². The summed E-state index contributed by atoms with van der Waals surface area (Å²) in [5.41, 5.74) is 7.37. The lowest BCUT2D eigenvalue weighted by Gasteiger charge is -2.21. The van der Waals surface area contributed by atoms with E-state index in [2.05, 4.69) is 16.1 Å². The fraction of sp³-hybridized carbons (Fsp3) is 0.500. The van der Waals surface area contributed by atoms with E-state index in [1.54, 1.807) is 6.20 Å². The molecule has 0 spiro atoms. The van der Waals surface area contributed by atoms with Gasteiger partial charge in [0.25, 0.3) is 0 Å². The Morgan fingerprint density at radius 2 is 2.29 bits per heavy atom. The Hall–Kier alpha value is -1.23. The van der Waals surface area contributed by atoms with Gasteiger partial charge in [-0.2, -0.15) is 11.8 Å². The Balaban J connectivity index is 2.89. The van der Waals surface area contributed by atoms with Gasteiger partial charge < -0.3 is 10.6 Å². The van der Waals surface area contributed by atoms with Gasteiger partial charge in [0, 0.05) is 19.8 Å². The maximum Gasteiger partial charge on any atom is 0.139 e. The molecule has 1 rings (SSSR count). The van der Waals surface area contributed by atoms with Crippen LogP contribution in [0.2, 0.25) is 0 Å². The number of nitrogens with one attached hydrogen (secondary N) is 1. The molecule has 0 fully saturated rings. The average molecular weight is 252 g/mol. The molecule has 1 aromatic heterocycles. The summed E-state index contributed by atoms with van der Waals surface area (Å²) in [5, 5.41) is 7.63. The summed E-state index contributed by atoms with van der Waals surface area (Å²) in [5.74, 6) is 2.02. The summed E-state index contributed by atoms with van der Waals surface area (Å²) in [6, 6.07) is 1.88. The van der Waals surface area contributed by atoms with Crippen molar-refractivity contribution in [3.8, 4) is 0 Å². The van der Waals surface area contributed by atoms with E-state index >= 15 is 0 Å². The summed E-state index contributed by atoms with van der Waals surface area (Å²) in [7, 11) is 1.99. The van der Waals surface area contributed by atoms with Crippen LogP contribution in [0.3, 0.4) is 0 Å². The molecule has 0 aliphatic heterocycles. The van der Waals surface area contributed by atoms with Gasteiger partial charge in [0.2, 0.25) is 0 Å². The molecule has 4 nitrogen and oxygen atoms in total. The number of nitrogens with two attached hydrogens (primary N) is 1. The maximum atomic E-state index is 7.63. The number of hydrogen-bond donors (Lipinski definition) is 2. The van der Waals surface area contributed by atoms with Crippen molar-refractivity contribution in [1.29, 1.82) is 5.41 Å². The number of hydrogen-bond acceptors (Lipinski definition) is 4. The van der Waals surface area contributed by atoms with Crippen molar-refractivity contribution in [3.63, 3.8) is 0 Å². The van der Waals surface area contributed by atoms with E-state index in [0.29, 0.717) is 0 Å². The standard InChI is InChI=1S/C12H20N4S/c1-9-5-6-15-12(10(9)11(13)14)16(2)7-4-8-17-3/h5-6H,4,7-8H2,1-3H3,(H3,13,14). The molecule has 1 aromatic rings. The lowest BCUT2D eigenvalue weighted by molar-refractivity contribution is 0.842. The predicted molar refractivity (Wildman–Crippen MR) is 76.3 cm³/mol. The molecule has 0 unspecified atom stereocenters. The molecule has 0 saturated carbocycles. The van der Waals surface area contributed by atoms with Crippen molar-refractivity contribution < 1.29 is 0 Å². The van der Waals surface area contributed by atoms with Gasteiger partial charge in [-0.15, -0.1) is 0 Å². The van der Waals surface area contributed by atoms with Gasteiger partial charge in [-0.05, 0) is 37.0 Å². The van der Waals surface area contributed by atoms with Crippen LogP contribution in [0.25, 0.3) is 0 Å². The first-order valence-electron chi connectivity index (χ1n) is 5.58. The average Bonchev–Trinajstić information content (AvgIpc) is 2.28. The van der Waals surface area contributed by atoms with E-state index in [0.717, 1.165) is 35.7 Å². The minimum atomic E-state index is 0.0855. The third kappa shape index (κ3) is 3.63. The van der Waals surface area contributed by atoms with Gasteiger partial charge >= 0.3 is 0 Å². The van der Waals surface area contributed by atoms with E-state index in [4.69, 9.17) is 11.1 Å². The van der Waals surface area contributed by atoms with Crippen molar-refractivity contribution in [2.75, 3.05) is 30.5 Å². The zero-order valence-electron chi connectivity index (χ0n) is 10.7. The smallest absolute Gasteiger partial charge is 0.139 e. The van der Waals surface area contributed by atoms with Crippen molar-refractivity contribution in [2.24, 2.45) is 5.73 Å². The van der Waals surface area contributed by atoms with Crippen LogP contribution in [-0.2, 0) is 0 Å². The highest BCUT2D eigenvalue weighted by atomic mass is 32.2. The van der Waals surface area contributed by atoms with Crippen molar-refractivity contribution in [3.05, 3.63) is 23.4 Å². The highest BCUT2D eigenvalue weighted by molar-refractivity contribution is 7.98. The molecule has 1 heterocycles. The van der Waals surface area contributed by atoms with E-state index in [-0.39, 0.29) is 5.84 Å². The molecule has 0 aliphatic rings. The van der Waals surface area contributed by atoms with E-state index in [1.807, 2.05) is 31.8 Å². The third-order valence-corrected chi connectivity index (χ3v) is 3.31. The number of anilines is 1. The third-order valence-electron chi connectivity index (χ3n) is 2.61. The largest absolute Gasteiger partial charge is 0.384 e. The Morgan fingerprint density at radius 1 is 1.59 bits per heavy atom. The first-order chi connectivity index (χ1) is 8.07. The normalized spacial score (nSPS) is 10.3. The highest BCUT2D eigenvalue weighted by Crippen LogP contribution is 2.19. The number of nitrogens with zero attached hydrogens (tertiary/aromatic N) is 2. The summed E-state index contributed by atoms with van der Waals surface area (Å²) >= 11 is 1.84. The molecule has 0 bridgehead atoms. The molecule has 5 heteroatoms. The molecular weight excluding hydrogens is 232 g/mol. The molecule has 0 radical (unpaired) electrons. The van der Waals surface area contributed by atoms with E-state index in [1.165, 1.54) is 0 Å². The van der Waals surface area contributed by atoms with Crippen LogP contribution in [-0.4, -0.2) is 36.4 Å². The SMILES string of the molecule is CSCCCN(C)c1nccc(C)c1C(=N)N. The van der Waals surface area contributed by atoms with Gasteiger partial charge in [-0.3, -0.25) is 5.41 Å². The molecule has 0 amide bonds. The number of amidine groups is 1. The zero-order valence-corrected chi connectivity index (χ0v) is 11.5. The molecule has 0 atom stereocenters. The van der Waals surface area contributed by atoms with Gasteiger partial charge in [-0.1, -0.05) is 0 Å². The van der Waals surface area contributed by atoms with Crippen LogP contribution >= 0.6 is 11.8 Å². The Labute approximate surface area is 107 Å². The van der Waals surface area contributed by atoms with Crippen molar-refractivity contribution in [1.82, 2.24) is 4.98 Å². The summed E-state index contributed by atoms with van der Waals surface area (Å²) in [6.45, 7) is 2.88. The summed E-state index contributed by atoms with van der Waals surface area (Å²) in [4.78, 5) is 6.41.